The lowest BCUT2D eigenvalue weighted by Gasteiger charge is -2.05. The van der Waals surface area contributed by atoms with Gasteiger partial charge in [0.15, 0.2) is 0 Å². The van der Waals surface area contributed by atoms with Crippen LogP contribution in [0.3, 0.4) is 0 Å². The van der Waals surface area contributed by atoms with Crippen molar-refractivity contribution in [2.75, 3.05) is 13.7 Å². The molecule has 1 aromatic carbocycles. The zero-order valence-electron chi connectivity index (χ0n) is 8.19. The molecular formula is C11H13NO2. The molecule has 0 unspecified atom stereocenters. The van der Waals surface area contributed by atoms with Gasteiger partial charge in [-0.25, -0.2) is 0 Å². The number of benzene rings is 1. The Morgan fingerprint density at radius 2 is 1.86 bits per heavy atom. The van der Waals surface area contributed by atoms with Crippen molar-refractivity contribution in [3.63, 3.8) is 0 Å². The minimum atomic E-state index is 0.538. The molecule has 0 atom stereocenters. The molecule has 1 rings (SSSR count). The highest BCUT2D eigenvalue weighted by molar-refractivity contribution is 5.31. The van der Waals surface area contributed by atoms with E-state index < -0.39 is 0 Å². The number of nitrogens with zero attached hydrogens (tertiary/aromatic N) is 1. The van der Waals surface area contributed by atoms with Gasteiger partial charge in [0.1, 0.15) is 11.5 Å². The van der Waals surface area contributed by atoms with E-state index in [-0.39, 0.29) is 0 Å². The summed E-state index contributed by atoms with van der Waals surface area (Å²) in [5, 5.41) is 8.31. The predicted molar refractivity (Wildman–Crippen MR) is 53.3 cm³/mol. The number of nitriles is 1. The quantitative estimate of drug-likeness (QED) is 0.671. The molecule has 0 saturated heterocycles. The van der Waals surface area contributed by atoms with Crippen molar-refractivity contribution < 1.29 is 9.47 Å². The lowest BCUT2D eigenvalue weighted by molar-refractivity contribution is 0.312. The molecule has 14 heavy (non-hydrogen) atoms. The average Bonchev–Trinajstić information content (AvgIpc) is 2.25. The summed E-state index contributed by atoms with van der Waals surface area (Å²) in [7, 11) is 1.63. The summed E-state index contributed by atoms with van der Waals surface area (Å²) in [6, 6.07) is 9.47. The molecule has 0 N–H and O–H groups in total. The zero-order valence-corrected chi connectivity index (χ0v) is 8.19. The first kappa shape index (κ1) is 10.4. The molecule has 0 radical (unpaired) electrons. The third kappa shape index (κ3) is 3.36. The van der Waals surface area contributed by atoms with Gasteiger partial charge in [0.2, 0.25) is 0 Å². The van der Waals surface area contributed by atoms with Crippen LogP contribution in [-0.2, 0) is 0 Å². The Balaban J connectivity index is 2.33. The topological polar surface area (TPSA) is 42.2 Å². The standard InChI is InChI=1S/C11H13NO2/c1-13-10-4-6-11(7-5-10)14-9-3-2-8-12/h4-7H,2-3,9H2,1H3. The third-order valence-corrected chi connectivity index (χ3v) is 1.76. The Kier molecular flexibility index (Phi) is 4.36. The minimum Gasteiger partial charge on any atom is -0.497 e. The predicted octanol–water partition coefficient (Wildman–Crippen LogP) is 2.38. The average molecular weight is 191 g/mol. The van der Waals surface area contributed by atoms with Crippen molar-refractivity contribution in [1.29, 1.82) is 5.26 Å². The first-order valence-corrected chi connectivity index (χ1v) is 4.50. The third-order valence-electron chi connectivity index (χ3n) is 1.76. The second kappa shape index (κ2) is 5.87. The van der Waals surface area contributed by atoms with Crippen LogP contribution in [0.4, 0.5) is 0 Å². The van der Waals surface area contributed by atoms with Gasteiger partial charge >= 0.3 is 0 Å². The van der Waals surface area contributed by atoms with Gasteiger partial charge < -0.3 is 9.47 Å². The molecule has 0 aliphatic heterocycles. The lowest BCUT2D eigenvalue weighted by Crippen LogP contribution is -1.96. The maximum Gasteiger partial charge on any atom is 0.119 e. The molecule has 0 heterocycles. The van der Waals surface area contributed by atoms with Crippen LogP contribution >= 0.6 is 0 Å². The van der Waals surface area contributed by atoms with Crippen LogP contribution in [0.15, 0.2) is 24.3 Å². The van der Waals surface area contributed by atoms with Crippen LogP contribution < -0.4 is 9.47 Å². The highest BCUT2D eigenvalue weighted by atomic mass is 16.5. The molecule has 0 aliphatic rings. The molecule has 3 heteroatoms. The van der Waals surface area contributed by atoms with Gasteiger partial charge in [0.25, 0.3) is 0 Å². The second-order valence-corrected chi connectivity index (χ2v) is 2.79. The molecular weight excluding hydrogens is 178 g/mol. The number of ether oxygens (including phenoxy) is 2. The maximum atomic E-state index is 8.31. The van der Waals surface area contributed by atoms with Crippen LogP contribution in [0.2, 0.25) is 0 Å². The SMILES string of the molecule is COc1ccc(OCCCC#N)cc1. The first-order chi connectivity index (χ1) is 6.86. The molecule has 0 aliphatic carbocycles. The van der Waals surface area contributed by atoms with Gasteiger partial charge in [-0.3, -0.25) is 0 Å². The fourth-order valence-electron chi connectivity index (χ4n) is 1.01. The molecule has 0 amide bonds. The van der Waals surface area contributed by atoms with Gasteiger partial charge in [-0.2, -0.15) is 5.26 Å². The molecule has 1 aromatic rings. The lowest BCUT2D eigenvalue weighted by atomic mass is 10.3. The zero-order chi connectivity index (χ0) is 10.2. The van der Waals surface area contributed by atoms with Crippen molar-refractivity contribution in [3.05, 3.63) is 24.3 Å². The summed E-state index contributed by atoms with van der Waals surface area (Å²) in [5.41, 5.74) is 0. The second-order valence-electron chi connectivity index (χ2n) is 2.79. The minimum absolute atomic E-state index is 0.538. The number of unbranched alkanes of at least 4 members (excludes halogenated alkanes) is 1. The number of rotatable bonds is 5. The maximum absolute atomic E-state index is 8.31. The van der Waals surface area contributed by atoms with E-state index in [1.807, 2.05) is 24.3 Å². The van der Waals surface area contributed by atoms with E-state index in [4.69, 9.17) is 14.7 Å². The summed E-state index contributed by atoms with van der Waals surface area (Å²) < 4.78 is 10.4. The molecule has 74 valence electrons. The number of methoxy groups -OCH3 is 1. The van der Waals surface area contributed by atoms with E-state index in [1.54, 1.807) is 7.11 Å². The molecule has 0 aromatic heterocycles. The van der Waals surface area contributed by atoms with Gasteiger partial charge in [0.05, 0.1) is 19.8 Å². The largest absolute Gasteiger partial charge is 0.497 e. The van der Waals surface area contributed by atoms with E-state index >= 15 is 0 Å². The van der Waals surface area contributed by atoms with Crippen molar-refractivity contribution in [2.24, 2.45) is 0 Å². The van der Waals surface area contributed by atoms with Crippen LogP contribution in [0.25, 0.3) is 0 Å². The Labute approximate surface area is 83.9 Å². The van der Waals surface area contributed by atoms with E-state index in [0.29, 0.717) is 13.0 Å². The first-order valence-electron chi connectivity index (χ1n) is 4.50. The summed E-state index contributed by atoms with van der Waals surface area (Å²) in [5.74, 6) is 1.62. The van der Waals surface area contributed by atoms with Crippen LogP contribution in [0.5, 0.6) is 11.5 Å². The molecule has 0 bridgehead atoms. The van der Waals surface area contributed by atoms with Crippen molar-refractivity contribution >= 4 is 0 Å². The monoisotopic (exact) mass is 191 g/mol. The summed E-state index contributed by atoms with van der Waals surface area (Å²) >= 11 is 0. The molecule has 0 fully saturated rings. The number of hydrogen-bond acceptors (Lipinski definition) is 3. The van der Waals surface area contributed by atoms with E-state index in [9.17, 15) is 0 Å². The fraction of sp³-hybridized carbons (Fsp3) is 0.364. The fourth-order valence-corrected chi connectivity index (χ4v) is 1.01. The summed E-state index contributed by atoms with van der Waals surface area (Å²) in [6.45, 7) is 0.583. The molecule has 0 spiro atoms. The summed E-state index contributed by atoms with van der Waals surface area (Å²) in [4.78, 5) is 0. The normalized spacial score (nSPS) is 9.14. The highest BCUT2D eigenvalue weighted by Gasteiger charge is 1.94. The van der Waals surface area contributed by atoms with E-state index in [1.165, 1.54) is 0 Å². The van der Waals surface area contributed by atoms with Gasteiger partial charge in [0, 0.05) is 6.42 Å². The Hall–Kier alpha value is -1.69. The van der Waals surface area contributed by atoms with Crippen molar-refractivity contribution in [1.82, 2.24) is 0 Å². The van der Waals surface area contributed by atoms with Crippen LogP contribution in [-0.4, -0.2) is 13.7 Å². The Bertz CT molecular complexity index is 300. The van der Waals surface area contributed by atoms with Crippen molar-refractivity contribution in [2.45, 2.75) is 12.8 Å². The van der Waals surface area contributed by atoms with Gasteiger partial charge in [-0.1, -0.05) is 0 Å². The van der Waals surface area contributed by atoms with Gasteiger partial charge in [-0.05, 0) is 30.7 Å². The Morgan fingerprint density at radius 3 is 2.43 bits per heavy atom. The van der Waals surface area contributed by atoms with E-state index in [0.717, 1.165) is 17.9 Å². The van der Waals surface area contributed by atoms with Crippen LogP contribution in [0.1, 0.15) is 12.8 Å². The number of hydrogen-bond donors (Lipinski definition) is 0. The van der Waals surface area contributed by atoms with E-state index in [2.05, 4.69) is 6.07 Å². The smallest absolute Gasteiger partial charge is 0.119 e. The summed E-state index contributed by atoms with van der Waals surface area (Å²) in [6.07, 6.45) is 1.30. The highest BCUT2D eigenvalue weighted by Crippen LogP contribution is 2.16. The Morgan fingerprint density at radius 1 is 1.21 bits per heavy atom. The van der Waals surface area contributed by atoms with Crippen LogP contribution in [0, 0.1) is 11.3 Å². The van der Waals surface area contributed by atoms with Crippen molar-refractivity contribution in [3.8, 4) is 17.6 Å². The molecule has 3 nitrogen and oxygen atoms in total. The molecule has 0 saturated carbocycles. The van der Waals surface area contributed by atoms with Gasteiger partial charge in [-0.15, -0.1) is 0 Å².